The number of hydrogen-bond acceptors (Lipinski definition) is 8. The second kappa shape index (κ2) is 11.9. The maximum atomic E-state index is 13.9. The Bertz CT molecular complexity index is 2430. The van der Waals surface area contributed by atoms with Gasteiger partial charge in [-0.2, -0.15) is 0 Å². The number of aromatic hydroxyl groups is 2. The topological polar surface area (TPSA) is 141 Å². The molecule has 1 atom stereocenters. The van der Waals surface area contributed by atoms with E-state index in [-0.39, 0.29) is 39.2 Å². The zero-order valence-electron chi connectivity index (χ0n) is 27.1. The van der Waals surface area contributed by atoms with Crippen molar-refractivity contribution in [3.63, 3.8) is 0 Å². The average Bonchev–Trinajstić information content (AvgIpc) is 3.20. The minimum atomic E-state index is -0.886. The molecule has 6 aromatic carbocycles. The number of carbonyl (C=O) groups excluding carboxylic acids is 1. The lowest BCUT2D eigenvalue weighted by atomic mass is 9.79. The second-order valence-electron chi connectivity index (χ2n) is 12.9. The maximum Gasteiger partial charge on any atom is 0.190 e. The molecule has 0 radical (unpaired) electrons. The number of carbonyl (C=O) groups is 1. The van der Waals surface area contributed by atoms with E-state index in [9.17, 15) is 34.8 Å². The number of phenolic OH excluding ortho intramolecular Hbond substituents is 2. The molecule has 8 heteroatoms. The predicted molar refractivity (Wildman–Crippen MR) is 188 cm³/mol. The third-order valence-electron chi connectivity index (χ3n) is 10.1. The molecule has 1 unspecified atom stereocenters. The van der Waals surface area contributed by atoms with E-state index >= 15 is 0 Å². The fraction of sp³-hybridized carbons (Fsp3) is 0.275. The lowest BCUT2D eigenvalue weighted by Gasteiger charge is -2.25. The molecule has 0 amide bonds. The number of aliphatic hydroxyl groups is 2. The van der Waals surface area contributed by atoms with E-state index in [0.29, 0.717) is 67.4 Å². The monoisotopic (exact) mass is 644 g/mol. The highest BCUT2D eigenvalue weighted by Gasteiger charge is 2.36. The lowest BCUT2D eigenvalue weighted by molar-refractivity contribution is -0.117. The van der Waals surface area contributed by atoms with Crippen LogP contribution in [0.1, 0.15) is 72.4 Å². The second-order valence-corrected chi connectivity index (χ2v) is 12.9. The highest BCUT2D eigenvalue weighted by atomic mass is 16.5. The van der Waals surface area contributed by atoms with Crippen LogP contribution in [0.15, 0.2) is 57.6 Å². The van der Waals surface area contributed by atoms with Gasteiger partial charge in [0.1, 0.15) is 11.5 Å². The van der Waals surface area contributed by atoms with E-state index in [1.807, 2.05) is 31.2 Å². The Kier molecular flexibility index (Phi) is 7.81. The molecule has 4 N–H and O–H groups in total. The number of ketones is 1. The fourth-order valence-corrected chi connectivity index (χ4v) is 8.20. The van der Waals surface area contributed by atoms with Crippen LogP contribution >= 0.6 is 0 Å². The van der Waals surface area contributed by atoms with E-state index in [1.165, 1.54) is 31.7 Å². The number of aryl methyl sites for hydroxylation is 1. The SMILES string of the molecule is COc1c(O)c2c(=O)cc(CO)c3c4c(CO)cc(=O)c5c(O)c(CCCCCc6ccccc6)c6c(c(c1C(C(C)=O)C(C)=C6)c23)c54. The molecule has 1 aliphatic carbocycles. The van der Waals surface area contributed by atoms with E-state index in [0.717, 1.165) is 19.3 Å². The first-order chi connectivity index (χ1) is 23.1. The van der Waals surface area contributed by atoms with Gasteiger partial charge >= 0.3 is 0 Å². The number of allylic oxidation sites excluding steroid dienone is 1. The third kappa shape index (κ3) is 4.47. The molecule has 6 aromatic rings. The van der Waals surface area contributed by atoms with Crippen LogP contribution in [-0.4, -0.2) is 33.3 Å². The van der Waals surface area contributed by atoms with Crippen molar-refractivity contribution in [3.05, 3.63) is 102 Å². The highest BCUT2D eigenvalue weighted by molar-refractivity contribution is 6.38. The standard InChI is InChI=1S/C40H36O8/c1-19-14-25-24(13-9-5-8-12-21-10-6-4-7-11-21)38(46)32-26(44)15-22(17-41)29-30-23(18-42)16-27(45)33-35(30)36(31(25)34(29)32)37(28(19)20(2)43)40(48-3)39(33)47/h4,6-7,10-11,14-16,28,41-42,46-47H,5,8-9,12-13,17-18H2,1-3H3. The molecule has 0 saturated carbocycles. The smallest absolute Gasteiger partial charge is 0.190 e. The van der Waals surface area contributed by atoms with E-state index in [1.54, 1.807) is 0 Å². The van der Waals surface area contributed by atoms with Crippen LogP contribution in [-0.2, 0) is 30.8 Å². The number of rotatable bonds is 10. The predicted octanol–water partition coefficient (Wildman–Crippen LogP) is 6.34. The van der Waals surface area contributed by atoms with Gasteiger partial charge in [-0.15, -0.1) is 0 Å². The molecule has 48 heavy (non-hydrogen) atoms. The number of benzene rings is 6. The number of ether oxygens (including phenoxy) is 1. The van der Waals surface area contributed by atoms with Gasteiger partial charge in [0.2, 0.25) is 0 Å². The molecular formula is C40H36O8. The van der Waals surface area contributed by atoms with Crippen LogP contribution in [0.5, 0.6) is 17.2 Å². The van der Waals surface area contributed by atoms with E-state index < -0.39 is 35.7 Å². The van der Waals surface area contributed by atoms with Gasteiger partial charge in [0, 0.05) is 21.9 Å². The molecule has 0 aromatic heterocycles. The molecule has 0 aliphatic heterocycles. The van der Waals surface area contributed by atoms with Crippen LogP contribution in [0.4, 0.5) is 0 Å². The normalized spacial score (nSPS) is 14.4. The summed E-state index contributed by atoms with van der Waals surface area (Å²) in [5, 5.41) is 47.3. The van der Waals surface area contributed by atoms with Gasteiger partial charge in [-0.1, -0.05) is 48.4 Å². The van der Waals surface area contributed by atoms with Crippen molar-refractivity contribution in [2.24, 2.45) is 0 Å². The maximum absolute atomic E-state index is 13.9. The summed E-state index contributed by atoms with van der Waals surface area (Å²) in [6, 6.07) is 12.7. The van der Waals surface area contributed by atoms with Crippen LogP contribution in [0.25, 0.3) is 49.2 Å². The first-order valence-electron chi connectivity index (χ1n) is 16.2. The highest BCUT2D eigenvalue weighted by Crippen LogP contribution is 2.56. The third-order valence-corrected chi connectivity index (χ3v) is 10.1. The Balaban J connectivity index is 1.65. The van der Waals surface area contributed by atoms with Gasteiger partial charge in [-0.25, -0.2) is 0 Å². The molecule has 0 spiro atoms. The Morgan fingerprint density at radius 2 is 1.33 bits per heavy atom. The van der Waals surface area contributed by atoms with Gasteiger partial charge in [0.25, 0.3) is 0 Å². The number of aliphatic hydroxyl groups excluding tert-OH is 2. The molecule has 0 fully saturated rings. The first-order valence-corrected chi connectivity index (χ1v) is 16.2. The number of unbranched alkanes of at least 4 members (excludes halogenated alkanes) is 2. The van der Waals surface area contributed by atoms with Gasteiger partial charge in [-0.3, -0.25) is 14.4 Å². The molecule has 0 saturated heterocycles. The summed E-state index contributed by atoms with van der Waals surface area (Å²) in [6.45, 7) is 2.19. The summed E-state index contributed by atoms with van der Waals surface area (Å²) >= 11 is 0. The van der Waals surface area contributed by atoms with Crippen molar-refractivity contribution in [3.8, 4) is 17.2 Å². The molecule has 0 bridgehead atoms. The fourth-order valence-electron chi connectivity index (χ4n) is 8.20. The number of fused-ring (bicyclic) bond motifs is 1. The van der Waals surface area contributed by atoms with E-state index in [4.69, 9.17) is 4.74 Å². The van der Waals surface area contributed by atoms with Gasteiger partial charge < -0.3 is 25.2 Å². The van der Waals surface area contributed by atoms with Crippen molar-refractivity contribution >= 4 is 54.9 Å². The minimum absolute atomic E-state index is 0.0223. The van der Waals surface area contributed by atoms with Gasteiger partial charge in [-0.05, 0) is 95.5 Å². The Morgan fingerprint density at radius 1 is 0.750 bits per heavy atom. The average molecular weight is 645 g/mol. The molecule has 244 valence electrons. The summed E-state index contributed by atoms with van der Waals surface area (Å²) < 4.78 is 5.77. The number of methoxy groups -OCH3 is 1. The zero-order chi connectivity index (χ0) is 34.0. The van der Waals surface area contributed by atoms with Crippen LogP contribution in [0, 0.1) is 0 Å². The molecule has 7 rings (SSSR count). The van der Waals surface area contributed by atoms with Crippen molar-refractivity contribution in [1.82, 2.24) is 0 Å². The van der Waals surface area contributed by atoms with Gasteiger partial charge in [0.05, 0.1) is 37.0 Å². The zero-order valence-corrected chi connectivity index (χ0v) is 27.1. The largest absolute Gasteiger partial charge is 0.507 e. The molecule has 1 aliphatic rings. The van der Waals surface area contributed by atoms with E-state index in [2.05, 4.69) is 12.1 Å². The summed E-state index contributed by atoms with van der Waals surface area (Å²) in [7, 11) is 1.36. The van der Waals surface area contributed by atoms with Crippen molar-refractivity contribution < 1.29 is 30.0 Å². The van der Waals surface area contributed by atoms with Crippen molar-refractivity contribution in [2.45, 2.75) is 65.1 Å². The van der Waals surface area contributed by atoms with Gasteiger partial charge in [0.15, 0.2) is 22.4 Å². The molecule has 8 nitrogen and oxygen atoms in total. The van der Waals surface area contributed by atoms with Crippen LogP contribution < -0.4 is 15.6 Å². The first kappa shape index (κ1) is 31.5. The van der Waals surface area contributed by atoms with Crippen LogP contribution in [0.3, 0.4) is 0 Å². The summed E-state index contributed by atoms with van der Waals surface area (Å²) in [4.78, 5) is 41.1. The quantitative estimate of drug-likeness (QED) is 0.0769. The summed E-state index contributed by atoms with van der Waals surface area (Å²) in [6.07, 6.45) is 5.73. The minimum Gasteiger partial charge on any atom is -0.507 e. The Hall–Kier alpha value is -5.05. The number of phenols is 2. The summed E-state index contributed by atoms with van der Waals surface area (Å²) in [5.41, 5.74) is 2.86. The summed E-state index contributed by atoms with van der Waals surface area (Å²) in [5.74, 6) is -1.72. The lowest BCUT2D eigenvalue weighted by Crippen LogP contribution is -2.14. The van der Waals surface area contributed by atoms with Crippen molar-refractivity contribution in [1.29, 1.82) is 0 Å². The van der Waals surface area contributed by atoms with Crippen LogP contribution in [0.2, 0.25) is 0 Å². The number of Topliss-reactive ketones (excluding diaryl/α,β-unsaturated/α-hetero) is 1. The Morgan fingerprint density at radius 3 is 1.92 bits per heavy atom. The number of hydrogen-bond donors (Lipinski definition) is 4. The van der Waals surface area contributed by atoms with Crippen molar-refractivity contribution in [2.75, 3.05) is 7.11 Å². The molecular weight excluding hydrogens is 608 g/mol. The molecule has 0 heterocycles. The Labute approximate surface area is 275 Å².